The zero-order valence-corrected chi connectivity index (χ0v) is 9.80. The van der Waals surface area contributed by atoms with Gasteiger partial charge in [0.25, 0.3) is 0 Å². The van der Waals surface area contributed by atoms with Crippen LogP contribution in [0.3, 0.4) is 0 Å². The van der Waals surface area contributed by atoms with Crippen molar-refractivity contribution >= 4 is 11.7 Å². The van der Waals surface area contributed by atoms with Gasteiger partial charge in [-0.15, -0.1) is 0 Å². The van der Waals surface area contributed by atoms with Gasteiger partial charge in [0.15, 0.2) is 0 Å². The Morgan fingerprint density at radius 2 is 1.94 bits per heavy atom. The lowest BCUT2D eigenvalue weighted by Crippen LogP contribution is -2.10. The molecule has 4 heteroatoms. The maximum absolute atomic E-state index is 11.0. The molecule has 16 heavy (non-hydrogen) atoms. The van der Waals surface area contributed by atoms with Gasteiger partial charge in [0.05, 0.1) is 19.6 Å². The van der Waals surface area contributed by atoms with Gasteiger partial charge in [0.2, 0.25) is 0 Å². The molecular formula is C12H17NO3. The lowest BCUT2D eigenvalue weighted by molar-refractivity contribution is -0.142. The van der Waals surface area contributed by atoms with Crippen molar-refractivity contribution in [1.82, 2.24) is 0 Å². The van der Waals surface area contributed by atoms with E-state index in [1.165, 1.54) is 7.11 Å². The van der Waals surface area contributed by atoms with Crippen LogP contribution in [-0.4, -0.2) is 32.3 Å². The van der Waals surface area contributed by atoms with Crippen LogP contribution >= 0.6 is 0 Å². The van der Waals surface area contributed by atoms with Crippen LogP contribution in [0.5, 0.6) is 0 Å². The molecule has 0 aromatic heterocycles. The van der Waals surface area contributed by atoms with E-state index >= 15 is 0 Å². The number of aliphatic hydroxyl groups excluding tert-OH is 1. The molecule has 0 unspecified atom stereocenters. The van der Waals surface area contributed by atoms with E-state index in [1.807, 2.05) is 43.3 Å². The SMILES string of the molecule is COC(=O)C[C@H](O)c1ccc(N(C)C)cc1. The first-order chi connectivity index (χ1) is 7.54. The monoisotopic (exact) mass is 223 g/mol. The maximum Gasteiger partial charge on any atom is 0.308 e. The average molecular weight is 223 g/mol. The van der Waals surface area contributed by atoms with E-state index in [0.717, 1.165) is 11.3 Å². The first kappa shape index (κ1) is 12.5. The van der Waals surface area contributed by atoms with Crippen LogP contribution in [0.4, 0.5) is 5.69 Å². The fourth-order valence-corrected chi connectivity index (χ4v) is 1.35. The molecule has 0 fully saturated rings. The summed E-state index contributed by atoms with van der Waals surface area (Å²) in [7, 11) is 5.20. The van der Waals surface area contributed by atoms with Gasteiger partial charge in [-0.3, -0.25) is 4.79 Å². The van der Waals surface area contributed by atoms with E-state index in [4.69, 9.17) is 0 Å². The van der Waals surface area contributed by atoms with Gasteiger partial charge in [-0.05, 0) is 17.7 Å². The zero-order chi connectivity index (χ0) is 12.1. The molecule has 1 N–H and O–H groups in total. The minimum absolute atomic E-state index is 0.0161. The normalized spacial score (nSPS) is 12.0. The molecule has 0 aliphatic rings. The lowest BCUT2D eigenvalue weighted by atomic mass is 10.1. The highest BCUT2D eigenvalue weighted by Gasteiger charge is 2.13. The van der Waals surface area contributed by atoms with E-state index < -0.39 is 12.1 Å². The number of rotatable bonds is 4. The molecule has 0 aliphatic heterocycles. The summed E-state index contributed by atoms with van der Waals surface area (Å²) in [6.45, 7) is 0. The molecule has 0 spiro atoms. The van der Waals surface area contributed by atoms with Crippen LogP contribution in [0.2, 0.25) is 0 Å². The smallest absolute Gasteiger partial charge is 0.308 e. The molecule has 0 amide bonds. The Morgan fingerprint density at radius 3 is 2.38 bits per heavy atom. The van der Waals surface area contributed by atoms with Crippen molar-refractivity contribution in [2.45, 2.75) is 12.5 Å². The molecule has 0 heterocycles. The van der Waals surface area contributed by atoms with E-state index in [0.29, 0.717) is 0 Å². The molecule has 1 aromatic rings. The van der Waals surface area contributed by atoms with E-state index in [2.05, 4.69) is 4.74 Å². The van der Waals surface area contributed by atoms with Crippen molar-refractivity contribution in [3.05, 3.63) is 29.8 Å². The predicted molar refractivity (Wildman–Crippen MR) is 62.4 cm³/mol. The molecule has 0 saturated heterocycles. The van der Waals surface area contributed by atoms with Crippen molar-refractivity contribution in [3.63, 3.8) is 0 Å². The van der Waals surface area contributed by atoms with Gasteiger partial charge in [-0.25, -0.2) is 0 Å². The molecule has 1 atom stereocenters. The fourth-order valence-electron chi connectivity index (χ4n) is 1.35. The van der Waals surface area contributed by atoms with Crippen molar-refractivity contribution in [2.75, 3.05) is 26.1 Å². The van der Waals surface area contributed by atoms with Gasteiger partial charge in [0.1, 0.15) is 0 Å². The summed E-state index contributed by atoms with van der Waals surface area (Å²) in [4.78, 5) is 12.9. The van der Waals surface area contributed by atoms with E-state index in [9.17, 15) is 9.90 Å². The summed E-state index contributed by atoms with van der Waals surface area (Å²) < 4.78 is 4.50. The summed E-state index contributed by atoms with van der Waals surface area (Å²) in [6, 6.07) is 7.41. The second-order valence-electron chi connectivity index (χ2n) is 3.78. The van der Waals surface area contributed by atoms with Crippen LogP contribution in [0.25, 0.3) is 0 Å². The van der Waals surface area contributed by atoms with Crippen molar-refractivity contribution < 1.29 is 14.6 Å². The Morgan fingerprint density at radius 1 is 1.38 bits per heavy atom. The molecule has 4 nitrogen and oxygen atoms in total. The van der Waals surface area contributed by atoms with Crippen molar-refractivity contribution in [1.29, 1.82) is 0 Å². The molecule has 88 valence electrons. The van der Waals surface area contributed by atoms with E-state index in [-0.39, 0.29) is 6.42 Å². The summed E-state index contributed by atoms with van der Waals surface area (Å²) in [5.74, 6) is -0.413. The van der Waals surface area contributed by atoms with Crippen LogP contribution < -0.4 is 4.90 Å². The highest BCUT2D eigenvalue weighted by atomic mass is 16.5. The van der Waals surface area contributed by atoms with Crippen molar-refractivity contribution in [2.24, 2.45) is 0 Å². The number of benzene rings is 1. The molecule has 1 aromatic carbocycles. The third kappa shape index (κ3) is 3.24. The Hall–Kier alpha value is -1.55. The Balaban J connectivity index is 2.70. The summed E-state index contributed by atoms with van der Waals surface area (Å²) in [5.41, 5.74) is 1.77. The molecule has 1 rings (SSSR count). The highest BCUT2D eigenvalue weighted by molar-refractivity contribution is 5.70. The van der Waals surface area contributed by atoms with Crippen LogP contribution in [0.15, 0.2) is 24.3 Å². The fraction of sp³-hybridized carbons (Fsp3) is 0.417. The standard InChI is InChI=1S/C12H17NO3/c1-13(2)10-6-4-9(5-7-10)11(14)8-12(15)16-3/h4-7,11,14H,8H2,1-3H3/t11-/m0/s1. The quantitative estimate of drug-likeness (QED) is 0.783. The highest BCUT2D eigenvalue weighted by Crippen LogP contribution is 2.20. The second kappa shape index (κ2) is 5.51. The van der Waals surface area contributed by atoms with Crippen LogP contribution in [0.1, 0.15) is 18.1 Å². The molecular weight excluding hydrogens is 206 g/mol. The second-order valence-corrected chi connectivity index (χ2v) is 3.78. The first-order valence-electron chi connectivity index (χ1n) is 5.06. The molecule has 0 bridgehead atoms. The number of esters is 1. The van der Waals surface area contributed by atoms with Gasteiger partial charge < -0.3 is 14.7 Å². The van der Waals surface area contributed by atoms with Crippen LogP contribution in [0, 0.1) is 0 Å². The number of anilines is 1. The van der Waals surface area contributed by atoms with E-state index in [1.54, 1.807) is 0 Å². The number of hydrogen-bond donors (Lipinski definition) is 1. The minimum atomic E-state index is -0.802. The summed E-state index contributed by atoms with van der Waals surface area (Å²) in [6.07, 6.45) is -0.818. The molecule has 0 radical (unpaired) electrons. The van der Waals surface area contributed by atoms with Gasteiger partial charge in [-0.1, -0.05) is 12.1 Å². The van der Waals surface area contributed by atoms with Crippen molar-refractivity contribution in [3.8, 4) is 0 Å². The Labute approximate surface area is 95.5 Å². The molecule has 0 saturated carbocycles. The number of hydrogen-bond acceptors (Lipinski definition) is 4. The number of nitrogens with zero attached hydrogens (tertiary/aromatic N) is 1. The third-order valence-electron chi connectivity index (χ3n) is 2.38. The average Bonchev–Trinajstić information content (AvgIpc) is 2.28. The summed E-state index contributed by atoms with van der Waals surface area (Å²) in [5, 5.41) is 9.74. The Kier molecular flexibility index (Phi) is 4.31. The largest absolute Gasteiger partial charge is 0.469 e. The predicted octanol–water partition coefficient (Wildman–Crippen LogP) is 1.35. The maximum atomic E-state index is 11.0. The summed E-state index contributed by atoms with van der Waals surface area (Å²) >= 11 is 0. The number of ether oxygens (including phenoxy) is 1. The number of carbonyl (C=O) groups excluding carboxylic acids is 1. The zero-order valence-electron chi connectivity index (χ0n) is 9.80. The Bertz CT molecular complexity index is 346. The first-order valence-corrected chi connectivity index (χ1v) is 5.06. The number of aliphatic hydroxyl groups is 1. The number of methoxy groups -OCH3 is 1. The molecule has 0 aliphatic carbocycles. The minimum Gasteiger partial charge on any atom is -0.469 e. The van der Waals surface area contributed by atoms with Gasteiger partial charge in [0, 0.05) is 19.8 Å². The lowest BCUT2D eigenvalue weighted by Gasteiger charge is -2.14. The van der Waals surface area contributed by atoms with Gasteiger partial charge >= 0.3 is 5.97 Å². The van der Waals surface area contributed by atoms with Gasteiger partial charge in [-0.2, -0.15) is 0 Å². The number of carbonyl (C=O) groups is 1. The van der Waals surface area contributed by atoms with Crippen LogP contribution in [-0.2, 0) is 9.53 Å². The third-order valence-corrected chi connectivity index (χ3v) is 2.38. The topological polar surface area (TPSA) is 49.8 Å².